The van der Waals surface area contributed by atoms with Gasteiger partial charge < -0.3 is 0 Å². The van der Waals surface area contributed by atoms with E-state index in [1.807, 2.05) is 0 Å². The van der Waals surface area contributed by atoms with Crippen molar-refractivity contribution in [3.05, 3.63) is 30.1 Å². The Labute approximate surface area is 132 Å². The second-order valence-corrected chi connectivity index (χ2v) is 6.38. The van der Waals surface area contributed by atoms with Gasteiger partial charge in [0.05, 0.1) is 0 Å². The molecule has 0 fully saturated rings. The van der Waals surface area contributed by atoms with E-state index in [0.717, 1.165) is 0 Å². The van der Waals surface area contributed by atoms with Crippen molar-refractivity contribution in [2.75, 3.05) is 0 Å². The van der Waals surface area contributed by atoms with Crippen LogP contribution >= 0.6 is 0 Å². The third-order valence-corrected chi connectivity index (χ3v) is 4.30. The van der Waals surface area contributed by atoms with E-state index in [4.69, 9.17) is 0 Å². The molecule has 1 nitrogen and oxygen atoms in total. The monoisotopic (exact) mass is 290 g/mol. The van der Waals surface area contributed by atoms with Gasteiger partial charge >= 0.3 is 0 Å². The van der Waals surface area contributed by atoms with Gasteiger partial charge in [-0.05, 0) is 24.8 Å². The maximum atomic E-state index is 2.34. The SMILES string of the molecule is CCCCCCCCCc1cc[n+](CCCCCC)cc1. The highest BCUT2D eigenvalue weighted by Gasteiger charge is 2.01. The summed E-state index contributed by atoms with van der Waals surface area (Å²) >= 11 is 0. The van der Waals surface area contributed by atoms with Gasteiger partial charge in [-0.1, -0.05) is 65.2 Å². The van der Waals surface area contributed by atoms with Crippen LogP contribution in [0.5, 0.6) is 0 Å². The van der Waals surface area contributed by atoms with Gasteiger partial charge in [-0.25, -0.2) is 4.57 Å². The largest absolute Gasteiger partial charge is 0.205 e. The second kappa shape index (κ2) is 12.9. The minimum atomic E-state index is 1.18. The Kier molecular flexibility index (Phi) is 11.1. The number of nitrogens with zero attached hydrogens (tertiary/aromatic N) is 1. The van der Waals surface area contributed by atoms with Crippen LogP contribution in [0.1, 0.15) is 90.0 Å². The molecule has 0 bridgehead atoms. The van der Waals surface area contributed by atoms with E-state index < -0.39 is 0 Å². The average Bonchev–Trinajstić information content (AvgIpc) is 2.52. The highest BCUT2D eigenvalue weighted by molar-refractivity contribution is 5.07. The first kappa shape index (κ1) is 18.2. The van der Waals surface area contributed by atoms with E-state index in [2.05, 4.69) is 42.9 Å². The fourth-order valence-corrected chi connectivity index (χ4v) is 2.81. The smallest absolute Gasteiger partial charge is 0.169 e. The topological polar surface area (TPSA) is 3.88 Å². The predicted molar refractivity (Wildman–Crippen MR) is 92.5 cm³/mol. The lowest BCUT2D eigenvalue weighted by molar-refractivity contribution is -0.697. The van der Waals surface area contributed by atoms with Crippen LogP contribution in [-0.4, -0.2) is 0 Å². The first-order valence-electron chi connectivity index (χ1n) is 9.34. The van der Waals surface area contributed by atoms with Gasteiger partial charge in [0.15, 0.2) is 12.4 Å². The Morgan fingerprint density at radius 1 is 0.667 bits per heavy atom. The summed E-state index contributed by atoms with van der Waals surface area (Å²) in [6.07, 6.45) is 21.0. The molecule has 1 aromatic rings. The van der Waals surface area contributed by atoms with Gasteiger partial charge in [0.2, 0.25) is 0 Å². The molecule has 0 saturated heterocycles. The van der Waals surface area contributed by atoms with Crippen LogP contribution in [0.4, 0.5) is 0 Å². The van der Waals surface area contributed by atoms with Crippen molar-refractivity contribution in [2.24, 2.45) is 0 Å². The zero-order valence-electron chi connectivity index (χ0n) is 14.4. The minimum Gasteiger partial charge on any atom is -0.205 e. The van der Waals surface area contributed by atoms with Gasteiger partial charge in [-0.2, -0.15) is 0 Å². The molecule has 0 aromatic carbocycles. The Balaban J connectivity index is 2.07. The molecule has 0 unspecified atom stereocenters. The molecule has 0 aliphatic rings. The summed E-state index contributed by atoms with van der Waals surface area (Å²) in [7, 11) is 0. The third kappa shape index (κ3) is 9.66. The predicted octanol–water partition coefficient (Wildman–Crippen LogP) is 5.85. The molecule has 120 valence electrons. The Morgan fingerprint density at radius 2 is 1.19 bits per heavy atom. The third-order valence-electron chi connectivity index (χ3n) is 4.30. The molecule has 0 N–H and O–H groups in total. The molecule has 1 heterocycles. The van der Waals surface area contributed by atoms with Crippen molar-refractivity contribution in [3.8, 4) is 0 Å². The van der Waals surface area contributed by atoms with E-state index in [1.54, 1.807) is 0 Å². The van der Waals surface area contributed by atoms with Crippen LogP contribution < -0.4 is 4.57 Å². The molecule has 0 spiro atoms. The van der Waals surface area contributed by atoms with Crippen molar-refractivity contribution in [3.63, 3.8) is 0 Å². The highest BCUT2D eigenvalue weighted by atomic mass is 14.9. The van der Waals surface area contributed by atoms with Crippen LogP contribution in [0.25, 0.3) is 0 Å². The number of unbranched alkanes of at least 4 members (excludes halogenated alkanes) is 9. The Morgan fingerprint density at radius 3 is 1.81 bits per heavy atom. The van der Waals surface area contributed by atoms with Crippen LogP contribution in [-0.2, 0) is 13.0 Å². The lowest BCUT2D eigenvalue weighted by Gasteiger charge is -2.02. The zero-order chi connectivity index (χ0) is 15.2. The highest BCUT2D eigenvalue weighted by Crippen LogP contribution is 2.10. The van der Waals surface area contributed by atoms with Gasteiger partial charge in [-0.3, -0.25) is 0 Å². The van der Waals surface area contributed by atoms with Crippen LogP contribution in [0, 0.1) is 0 Å². The summed E-state index contributed by atoms with van der Waals surface area (Å²) in [5.74, 6) is 0. The van der Waals surface area contributed by atoms with E-state index in [-0.39, 0.29) is 0 Å². The molecule has 0 amide bonds. The number of rotatable bonds is 13. The first-order valence-corrected chi connectivity index (χ1v) is 9.34. The lowest BCUT2D eigenvalue weighted by atomic mass is 10.1. The summed E-state index contributed by atoms with van der Waals surface area (Å²) < 4.78 is 2.34. The van der Waals surface area contributed by atoms with E-state index >= 15 is 0 Å². The molecule has 0 aliphatic heterocycles. The summed E-state index contributed by atoms with van der Waals surface area (Å²) in [6.45, 7) is 5.73. The fraction of sp³-hybridized carbons (Fsp3) is 0.750. The standard InChI is InChI=1S/C20H36N/c1-3-5-7-9-10-11-12-14-20-15-18-21(19-16-20)17-13-8-6-4-2/h15-16,18-19H,3-14,17H2,1-2H3/q+1. The molecule has 0 aliphatic carbocycles. The zero-order valence-corrected chi connectivity index (χ0v) is 14.4. The molecule has 0 radical (unpaired) electrons. The Bertz CT molecular complexity index is 328. The molecular weight excluding hydrogens is 254 g/mol. The number of hydrogen-bond donors (Lipinski definition) is 0. The van der Waals surface area contributed by atoms with Crippen LogP contribution in [0.2, 0.25) is 0 Å². The summed E-state index contributed by atoms with van der Waals surface area (Å²) in [5.41, 5.74) is 1.51. The minimum absolute atomic E-state index is 1.18. The van der Waals surface area contributed by atoms with Crippen molar-refractivity contribution >= 4 is 0 Å². The second-order valence-electron chi connectivity index (χ2n) is 6.38. The first-order chi connectivity index (χ1) is 10.4. The maximum absolute atomic E-state index is 2.34. The van der Waals surface area contributed by atoms with Gasteiger partial charge in [0.25, 0.3) is 0 Å². The van der Waals surface area contributed by atoms with E-state index in [0.29, 0.717) is 0 Å². The molecule has 1 heteroatoms. The maximum Gasteiger partial charge on any atom is 0.169 e. The van der Waals surface area contributed by atoms with E-state index in [9.17, 15) is 0 Å². The molecular formula is C20H36N+. The molecule has 0 saturated carbocycles. The Hall–Kier alpha value is -0.850. The number of pyridine rings is 1. The molecule has 0 atom stereocenters. The summed E-state index contributed by atoms with van der Waals surface area (Å²) in [5, 5.41) is 0. The number of aryl methyl sites for hydroxylation is 2. The van der Waals surface area contributed by atoms with Crippen LogP contribution in [0.15, 0.2) is 24.5 Å². The molecule has 1 rings (SSSR count). The fourth-order valence-electron chi connectivity index (χ4n) is 2.81. The summed E-state index contributed by atoms with van der Waals surface area (Å²) in [6, 6.07) is 4.63. The van der Waals surface area contributed by atoms with Gasteiger partial charge in [0, 0.05) is 18.6 Å². The van der Waals surface area contributed by atoms with Gasteiger partial charge in [-0.15, -0.1) is 0 Å². The van der Waals surface area contributed by atoms with Gasteiger partial charge in [0.1, 0.15) is 6.54 Å². The average molecular weight is 291 g/mol. The lowest BCUT2D eigenvalue weighted by Crippen LogP contribution is -2.32. The number of hydrogen-bond acceptors (Lipinski definition) is 0. The number of aromatic nitrogens is 1. The van der Waals surface area contributed by atoms with Crippen LogP contribution in [0.3, 0.4) is 0 Å². The normalized spacial score (nSPS) is 11.0. The van der Waals surface area contributed by atoms with Crippen molar-refractivity contribution in [2.45, 2.75) is 97.4 Å². The molecule has 21 heavy (non-hydrogen) atoms. The quantitative estimate of drug-likeness (QED) is 0.317. The van der Waals surface area contributed by atoms with Crippen molar-refractivity contribution in [1.82, 2.24) is 0 Å². The van der Waals surface area contributed by atoms with Crippen molar-refractivity contribution in [1.29, 1.82) is 0 Å². The molecule has 1 aromatic heterocycles. The summed E-state index contributed by atoms with van der Waals surface area (Å²) in [4.78, 5) is 0. The van der Waals surface area contributed by atoms with Crippen molar-refractivity contribution < 1.29 is 4.57 Å². The van der Waals surface area contributed by atoms with E-state index in [1.165, 1.54) is 89.2 Å².